The second-order valence-corrected chi connectivity index (χ2v) is 8.71. The van der Waals surface area contributed by atoms with Crippen molar-refractivity contribution < 1.29 is 4.79 Å². The van der Waals surface area contributed by atoms with E-state index in [1.54, 1.807) is 0 Å². The normalized spacial score (nSPS) is 18.3. The first-order valence-corrected chi connectivity index (χ1v) is 10.6. The molecule has 26 heavy (non-hydrogen) atoms. The first-order chi connectivity index (χ1) is 12.7. The van der Waals surface area contributed by atoms with Crippen LogP contribution in [-0.4, -0.2) is 42.3 Å². The standard InChI is InChI=1S/C20H30N4OS/c1-2-21-19(22-14-6-9-18(25)24-16-10-11-16)23-15-20(12-13-20)26-17-7-4-3-5-8-17/h3-5,7-8,16H,2,6,9-15H2,1H3,(H,24,25)(H2,21,22,23). The molecular weight excluding hydrogens is 344 g/mol. The molecule has 3 rings (SSSR count). The summed E-state index contributed by atoms with van der Waals surface area (Å²) in [6.07, 6.45) is 6.13. The van der Waals surface area contributed by atoms with Crippen LogP contribution >= 0.6 is 11.8 Å². The lowest BCUT2D eigenvalue weighted by molar-refractivity contribution is -0.121. The molecule has 142 valence electrons. The SMILES string of the molecule is CCNC(=NCC1(Sc2ccccc2)CC1)NCCCC(=O)NC1CC1. The highest BCUT2D eigenvalue weighted by Gasteiger charge is 2.43. The molecule has 2 aliphatic rings. The second kappa shape index (κ2) is 9.31. The summed E-state index contributed by atoms with van der Waals surface area (Å²) < 4.78 is 0.258. The van der Waals surface area contributed by atoms with Crippen molar-refractivity contribution in [2.24, 2.45) is 4.99 Å². The van der Waals surface area contributed by atoms with Crippen molar-refractivity contribution in [1.29, 1.82) is 0 Å². The van der Waals surface area contributed by atoms with Gasteiger partial charge in [-0.3, -0.25) is 9.79 Å². The van der Waals surface area contributed by atoms with E-state index in [1.165, 1.54) is 17.7 Å². The van der Waals surface area contributed by atoms with E-state index in [2.05, 4.69) is 53.2 Å². The van der Waals surface area contributed by atoms with Gasteiger partial charge in [0.2, 0.25) is 5.91 Å². The fraction of sp³-hybridized carbons (Fsp3) is 0.600. The molecule has 0 unspecified atom stereocenters. The van der Waals surface area contributed by atoms with Crippen LogP contribution in [0, 0.1) is 0 Å². The Labute approximate surface area is 160 Å². The quantitative estimate of drug-likeness (QED) is 0.335. The van der Waals surface area contributed by atoms with Crippen LogP contribution in [0.3, 0.4) is 0 Å². The average Bonchev–Trinajstić information content (AvgIpc) is 3.56. The summed E-state index contributed by atoms with van der Waals surface area (Å²) in [7, 11) is 0. The molecule has 2 fully saturated rings. The van der Waals surface area contributed by atoms with Gasteiger partial charge in [0.1, 0.15) is 0 Å². The zero-order chi connectivity index (χ0) is 18.2. The summed E-state index contributed by atoms with van der Waals surface area (Å²) in [5, 5.41) is 9.69. The maximum Gasteiger partial charge on any atom is 0.220 e. The van der Waals surface area contributed by atoms with Gasteiger partial charge in [-0.1, -0.05) is 18.2 Å². The van der Waals surface area contributed by atoms with Crippen LogP contribution < -0.4 is 16.0 Å². The van der Waals surface area contributed by atoms with Crippen LogP contribution in [0.2, 0.25) is 0 Å². The molecule has 0 aromatic heterocycles. The minimum Gasteiger partial charge on any atom is -0.357 e. The van der Waals surface area contributed by atoms with E-state index in [4.69, 9.17) is 4.99 Å². The van der Waals surface area contributed by atoms with E-state index in [1.807, 2.05) is 11.8 Å². The van der Waals surface area contributed by atoms with Gasteiger partial charge in [-0.15, -0.1) is 11.8 Å². The molecule has 0 radical (unpaired) electrons. The molecule has 0 bridgehead atoms. The van der Waals surface area contributed by atoms with Gasteiger partial charge in [0.25, 0.3) is 0 Å². The summed E-state index contributed by atoms with van der Waals surface area (Å²) in [4.78, 5) is 17.8. The Morgan fingerprint density at radius 1 is 1.23 bits per heavy atom. The fourth-order valence-corrected chi connectivity index (χ4v) is 3.95. The predicted octanol–water partition coefficient (Wildman–Crippen LogP) is 2.93. The third-order valence-electron chi connectivity index (χ3n) is 4.57. The van der Waals surface area contributed by atoms with Gasteiger partial charge in [0.15, 0.2) is 5.96 Å². The molecular formula is C20H30N4OS. The molecule has 2 saturated carbocycles. The van der Waals surface area contributed by atoms with Crippen LogP contribution in [0.15, 0.2) is 40.2 Å². The van der Waals surface area contributed by atoms with Gasteiger partial charge in [0.05, 0.1) is 6.54 Å². The van der Waals surface area contributed by atoms with Crippen molar-refractivity contribution in [3.63, 3.8) is 0 Å². The molecule has 0 heterocycles. The van der Waals surface area contributed by atoms with Crippen LogP contribution in [0.25, 0.3) is 0 Å². The third-order valence-corrected chi connectivity index (χ3v) is 6.05. The number of amides is 1. The molecule has 2 aliphatic carbocycles. The number of carbonyl (C=O) groups is 1. The van der Waals surface area contributed by atoms with Crippen molar-refractivity contribution >= 4 is 23.6 Å². The van der Waals surface area contributed by atoms with E-state index in [0.717, 1.165) is 44.9 Å². The molecule has 1 aromatic carbocycles. The Morgan fingerprint density at radius 3 is 2.65 bits per heavy atom. The van der Waals surface area contributed by atoms with E-state index >= 15 is 0 Å². The summed E-state index contributed by atoms with van der Waals surface area (Å²) in [5.41, 5.74) is 0. The van der Waals surface area contributed by atoms with Gasteiger partial charge >= 0.3 is 0 Å². The van der Waals surface area contributed by atoms with Crippen LogP contribution in [0.4, 0.5) is 0 Å². The number of rotatable bonds is 10. The molecule has 0 atom stereocenters. The number of hydrogen-bond acceptors (Lipinski definition) is 3. The van der Waals surface area contributed by atoms with Gasteiger partial charge in [-0.2, -0.15) is 0 Å². The Kier molecular flexibility index (Phi) is 6.83. The number of hydrogen-bond donors (Lipinski definition) is 3. The first kappa shape index (κ1) is 19.1. The zero-order valence-corrected chi connectivity index (χ0v) is 16.4. The highest BCUT2D eigenvalue weighted by Crippen LogP contribution is 2.51. The van der Waals surface area contributed by atoms with Gasteiger partial charge in [-0.05, 0) is 51.2 Å². The largest absolute Gasteiger partial charge is 0.357 e. The van der Waals surface area contributed by atoms with E-state index < -0.39 is 0 Å². The number of nitrogens with one attached hydrogen (secondary N) is 3. The van der Waals surface area contributed by atoms with E-state index in [0.29, 0.717) is 12.5 Å². The molecule has 0 saturated heterocycles. The number of nitrogens with zero attached hydrogens (tertiary/aromatic N) is 1. The van der Waals surface area contributed by atoms with Gasteiger partial charge in [-0.25, -0.2) is 0 Å². The lowest BCUT2D eigenvalue weighted by atomic mass is 10.3. The summed E-state index contributed by atoms with van der Waals surface area (Å²) in [6.45, 7) is 4.51. The number of thioether (sulfide) groups is 1. The smallest absolute Gasteiger partial charge is 0.220 e. The fourth-order valence-electron chi connectivity index (χ4n) is 2.72. The topological polar surface area (TPSA) is 65.5 Å². The van der Waals surface area contributed by atoms with Gasteiger partial charge < -0.3 is 16.0 Å². The van der Waals surface area contributed by atoms with Crippen LogP contribution in [-0.2, 0) is 4.79 Å². The van der Waals surface area contributed by atoms with E-state index in [9.17, 15) is 4.79 Å². The first-order valence-electron chi connectivity index (χ1n) is 9.75. The molecule has 0 aliphatic heterocycles. The van der Waals surface area contributed by atoms with Crippen LogP contribution in [0.1, 0.15) is 45.4 Å². The van der Waals surface area contributed by atoms with Crippen molar-refractivity contribution in [2.75, 3.05) is 19.6 Å². The number of aliphatic imine (C=N–C) groups is 1. The monoisotopic (exact) mass is 374 g/mol. The van der Waals surface area contributed by atoms with Crippen molar-refractivity contribution in [3.8, 4) is 0 Å². The Balaban J connectivity index is 1.40. The molecule has 5 nitrogen and oxygen atoms in total. The Hall–Kier alpha value is -1.69. The summed E-state index contributed by atoms with van der Waals surface area (Å²) >= 11 is 1.95. The Bertz CT molecular complexity index is 611. The van der Waals surface area contributed by atoms with Gasteiger partial charge in [0, 0.05) is 35.2 Å². The number of benzene rings is 1. The Morgan fingerprint density at radius 2 is 2.00 bits per heavy atom. The lowest BCUT2D eigenvalue weighted by Gasteiger charge is -2.15. The van der Waals surface area contributed by atoms with Crippen molar-refractivity contribution in [2.45, 2.75) is 61.1 Å². The second-order valence-electron chi connectivity index (χ2n) is 7.17. The maximum atomic E-state index is 11.7. The highest BCUT2D eigenvalue weighted by molar-refractivity contribution is 8.01. The molecule has 6 heteroatoms. The minimum atomic E-state index is 0.174. The average molecular weight is 375 g/mol. The zero-order valence-electron chi connectivity index (χ0n) is 15.6. The lowest BCUT2D eigenvalue weighted by Crippen LogP contribution is -2.38. The maximum absolute atomic E-state index is 11.7. The molecule has 1 amide bonds. The van der Waals surface area contributed by atoms with Crippen LogP contribution in [0.5, 0.6) is 0 Å². The van der Waals surface area contributed by atoms with Crippen molar-refractivity contribution in [1.82, 2.24) is 16.0 Å². The number of guanidine groups is 1. The molecule has 0 spiro atoms. The van der Waals surface area contributed by atoms with Crippen molar-refractivity contribution in [3.05, 3.63) is 30.3 Å². The highest BCUT2D eigenvalue weighted by atomic mass is 32.2. The summed E-state index contributed by atoms with van der Waals surface area (Å²) in [6, 6.07) is 11.0. The minimum absolute atomic E-state index is 0.174. The molecule has 3 N–H and O–H groups in total. The summed E-state index contributed by atoms with van der Waals surface area (Å²) in [5.74, 6) is 1.03. The molecule has 1 aromatic rings. The number of carbonyl (C=O) groups excluding carboxylic acids is 1. The predicted molar refractivity (Wildman–Crippen MR) is 109 cm³/mol. The third kappa shape index (κ3) is 6.56. The van der Waals surface area contributed by atoms with E-state index in [-0.39, 0.29) is 10.7 Å².